The van der Waals surface area contributed by atoms with Crippen LogP contribution in [0.2, 0.25) is 0 Å². The van der Waals surface area contributed by atoms with E-state index in [1.807, 2.05) is 23.1 Å². The summed E-state index contributed by atoms with van der Waals surface area (Å²) in [6, 6.07) is 8.10. The van der Waals surface area contributed by atoms with E-state index in [1.165, 1.54) is 11.3 Å². The van der Waals surface area contributed by atoms with Crippen LogP contribution in [0.4, 0.5) is 0 Å². The molecule has 3 aromatic rings. The number of carbonyl (C=O) groups is 1. The minimum atomic E-state index is -0.0792. The summed E-state index contributed by atoms with van der Waals surface area (Å²) < 4.78 is 2.72. The fourth-order valence-electron chi connectivity index (χ4n) is 2.55. The summed E-state index contributed by atoms with van der Waals surface area (Å²) in [5.41, 5.74) is 1.03. The van der Waals surface area contributed by atoms with Gasteiger partial charge in [0.1, 0.15) is 5.01 Å². The van der Waals surface area contributed by atoms with Crippen LogP contribution < -0.4 is 0 Å². The fourth-order valence-corrected chi connectivity index (χ4v) is 3.93. The lowest BCUT2D eigenvalue weighted by molar-refractivity contribution is 0.0778. The molecular formula is C14H12IN5OS. The number of carbonyl (C=O) groups excluding carboxylic acids is 1. The maximum absolute atomic E-state index is 12.5. The number of hydrogen-bond donors (Lipinski definition) is 0. The molecule has 0 saturated carbocycles. The van der Waals surface area contributed by atoms with Gasteiger partial charge in [0, 0.05) is 22.2 Å². The first-order valence-corrected chi connectivity index (χ1v) is 8.89. The van der Waals surface area contributed by atoms with Crippen molar-refractivity contribution in [3.8, 4) is 10.6 Å². The largest absolute Gasteiger partial charge is 0.336 e. The Labute approximate surface area is 144 Å². The zero-order chi connectivity index (χ0) is 15.1. The zero-order valence-corrected chi connectivity index (χ0v) is 14.5. The summed E-state index contributed by atoms with van der Waals surface area (Å²) in [5, 5.41) is 13.5. The third-order valence-corrected chi connectivity index (χ3v) is 5.27. The van der Waals surface area contributed by atoms with Gasteiger partial charge in [0.25, 0.3) is 5.91 Å². The van der Waals surface area contributed by atoms with Crippen molar-refractivity contribution in [1.29, 1.82) is 0 Å². The summed E-state index contributed by atoms with van der Waals surface area (Å²) >= 11 is 3.72. The molecule has 1 aromatic carbocycles. The highest BCUT2D eigenvalue weighted by Gasteiger charge is 2.25. The maximum Gasteiger partial charge on any atom is 0.293 e. The highest BCUT2D eigenvalue weighted by atomic mass is 127. The van der Waals surface area contributed by atoms with Gasteiger partial charge >= 0.3 is 0 Å². The number of fused-ring (bicyclic) bond motifs is 1. The minimum Gasteiger partial charge on any atom is -0.336 e. The normalized spacial score (nSPS) is 14.9. The van der Waals surface area contributed by atoms with Gasteiger partial charge in [-0.25, -0.2) is 0 Å². The molecule has 1 amide bonds. The van der Waals surface area contributed by atoms with Gasteiger partial charge in [0.05, 0.1) is 0 Å². The summed E-state index contributed by atoms with van der Waals surface area (Å²) in [6.07, 6.45) is 2.11. The smallest absolute Gasteiger partial charge is 0.293 e. The van der Waals surface area contributed by atoms with E-state index in [9.17, 15) is 4.79 Å². The third kappa shape index (κ3) is 2.39. The Kier molecular flexibility index (Phi) is 3.57. The first-order valence-electron chi connectivity index (χ1n) is 7.00. The monoisotopic (exact) mass is 425 g/mol. The number of benzene rings is 1. The van der Waals surface area contributed by atoms with E-state index in [1.54, 1.807) is 4.52 Å². The Hall–Kier alpha value is -1.55. The Morgan fingerprint density at radius 3 is 2.82 bits per heavy atom. The summed E-state index contributed by atoms with van der Waals surface area (Å²) in [7, 11) is 0. The van der Waals surface area contributed by atoms with Crippen LogP contribution in [-0.2, 0) is 0 Å². The molecule has 0 N–H and O–H groups in total. The highest BCUT2D eigenvalue weighted by molar-refractivity contribution is 14.1. The van der Waals surface area contributed by atoms with Gasteiger partial charge in [0.15, 0.2) is 0 Å². The van der Waals surface area contributed by atoms with Crippen molar-refractivity contribution in [2.75, 3.05) is 13.1 Å². The van der Waals surface area contributed by atoms with E-state index in [4.69, 9.17) is 0 Å². The highest BCUT2D eigenvalue weighted by Crippen LogP contribution is 2.27. The number of aromatic nitrogens is 4. The van der Waals surface area contributed by atoms with Crippen molar-refractivity contribution in [3.63, 3.8) is 0 Å². The first-order chi connectivity index (χ1) is 10.7. The Morgan fingerprint density at radius 1 is 1.23 bits per heavy atom. The molecule has 0 aliphatic carbocycles. The lowest BCUT2D eigenvalue weighted by Gasteiger charge is -2.12. The van der Waals surface area contributed by atoms with Gasteiger partial charge in [-0.05, 0) is 47.6 Å². The van der Waals surface area contributed by atoms with Crippen molar-refractivity contribution in [2.24, 2.45) is 0 Å². The molecule has 112 valence electrons. The fraction of sp³-hybridized carbons (Fsp3) is 0.286. The SMILES string of the molecule is O=C(c1nnc2sc(-c3cccc(I)c3)nn12)N1CCCC1. The quantitative estimate of drug-likeness (QED) is 0.593. The molecule has 0 unspecified atom stereocenters. The standard InChI is InChI=1S/C14H12IN5OS/c15-10-5-3-4-9(8-10)12-18-20-11(16-17-14(20)22-12)13(21)19-6-1-2-7-19/h3-5,8H,1-2,6-7H2. The number of halogens is 1. The van der Waals surface area contributed by atoms with E-state index in [0.717, 1.165) is 40.1 Å². The topological polar surface area (TPSA) is 63.4 Å². The summed E-state index contributed by atoms with van der Waals surface area (Å²) in [5.74, 6) is 0.231. The van der Waals surface area contributed by atoms with Crippen LogP contribution >= 0.6 is 33.9 Å². The predicted molar refractivity (Wildman–Crippen MR) is 91.9 cm³/mol. The van der Waals surface area contributed by atoms with Crippen LogP contribution in [-0.4, -0.2) is 43.7 Å². The predicted octanol–water partition coefficient (Wildman–Crippen LogP) is 2.69. The molecule has 3 heterocycles. The molecule has 8 heteroatoms. The average Bonchev–Trinajstić information content (AvgIpc) is 3.23. The Bertz CT molecular complexity index is 852. The summed E-state index contributed by atoms with van der Waals surface area (Å²) in [6.45, 7) is 1.59. The molecule has 0 radical (unpaired) electrons. The van der Waals surface area contributed by atoms with Gasteiger partial charge < -0.3 is 4.90 Å². The molecule has 0 spiro atoms. The molecule has 22 heavy (non-hydrogen) atoms. The van der Waals surface area contributed by atoms with Crippen molar-refractivity contribution in [3.05, 3.63) is 33.7 Å². The molecule has 6 nitrogen and oxygen atoms in total. The lowest BCUT2D eigenvalue weighted by atomic mass is 10.2. The van der Waals surface area contributed by atoms with Crippen LogP contribution in [0.5, 0.6) is 0 Å². The molecule has 1 fully saturated rings. The summed E-state index contributed by atoms with van der Waals surface area (Å²) in [4.78, 5) is 15.0. The van der Waals surface area contributed by atoms with Crippen LogP contribution in [0.1, 0.15) is 23.5 Å². The number of hydrogen-bond acceptors (Lipinski definition) is 5. The Morgan fingerprint density at radius 2 is 2.05 bits per heavy atom. The van der Waals surface area contributed by atoms with E-state index >= 15 is 0 Å². The van der Waals surface area contributed by atoms with Gasteiger partial charge in [-0.1, -0.05) is 23.5 Å². The average molecular weight is 425 g/mol. The van der Waals surface area contributed by atoms with Crippen molar-refractivity contribution >= 4 is 44.8 Å². The number of rotatable bonds is 2. The number of likely N-dealkylation sites (tertiary alicyclic amines) is 1. The minimum absolute atomic E-state index is 0.0792. The van der Waals surface area contributed by atoms with Gasteiger partial charge in [-0.2, -0.15) is 9.61 Å². The molecule has 1 aliphatic heterocycles. The molecule has 0 atom stereocenters. The van der Waals surface area contributed by atoms with E-state index in [-0.39, 0.29) is 5.91 Å². The molecular weight excluding hydrogens is 413 g/mol. The molecule has 4 rings (SSSR count). The molecule has 1 aliphatic rings. The van der Waals surface area contributed by atoms with Crippen LogP contribution in [0.25, 0.3) is 15.5 Å². The van der Waals surface area contributed by atoms with E-state index in [0.29, 0.717) is 10.8 Å². The second-order valence-corrected chi connectivity index (χ2v) is 7.34. The van der Waals surface area contributed by atoms with Gasteiger partial charge in [-0.3, -0.25) is 4.79 Å². The van der Waals surface area contributed by atoms with Crippen LogP contribution in [0, 0.1) is 3.57 Å². The van der Waals surface area contributed by atoms with Gasteiger partial charge in [0.2, 0.25) is 10.8 Å². The second-order valence-electron chi connectivity index (χ2n) is 5.13. The van der Waals surface area contributed by atoms with Gasteiger partial charge in [-0.15, -0.1) is 10.2 Å². The number of amides is 1. The van der Waals surface area contributed by atoms with Crippen LogP contribution in [0.3, 0.4) is 0 Å². The number of nitrogens with zero attached hydrogens (tertiary/aromatic N) is 5. The molecule has 0 bridgehead atoms. The Balaban J connectivity index is 1.74. The zero-order valence-electron chi connectivity index (χ0n) is 11.6. The van der Waals surface area contributed by atoms with Crippen molar-refractivity contribution in [2.45, 2.75) is 12.8 Å². The van der Waals surface area contributed by atoms with Crippen molar-refractivity contribution < 1.29 is 4.79 Å². The van der Waals surface area contributed by atoms with Crippen LogP contribution in [0.15, 0.2) is 24.3 Å². The third-order valence-electron chi connectivity index (χ3n) is 3.65. The van der Waals surface area contributed by atoms with E-state index < -0.39 is 0 Å². The van der Waals surface area contributed by atoms with E-state index in [2.05, 4.69) is 44.0 Å². The molecule has 2 aromatic heterocycles. The first kappa shape index (κ1) is 14.1. The lowest BCUT2D eigenvalue weighted by Crippen LogP contribution is -2.29. The van der Waals surface area contributed by atoms with Crippen molar-refractivity contribution in [1.82, 2.24) is 24.7 Å². The second kappa shape index (κ2) is 5.58. The molecule has 1 saturated heterocycles. The maximum atomic E-state index is 12.5.